The summed E-state index contributed by atoms with van der Waals surface area (Å²) >= 11 is 0. The molecule has 0 saturated heterocycles. The SMILES string of the molecule is c1ccc(-c2cccc3oc4cc(C5N=C(n6c7ccccc7c7ccc8c9ccccc9n(-c9ccccc9)c8c76)NC(c6ccccc6)N5)ccc4c23)cc1. The molecule has 2 unspecified atom stereocenters. The van der Waals surface area contributed by atoms with Gasteiger partial charge in [0.1, 0.15) is 23.5 Å². The number of hydrogen-bond donors (Lipinski definition) is 2. The second kappa shape index (κ2) is 12.6. The highest BCUT2D eigenvalue weighted by atomic mass is 16.3. The van der Waals surface area contributed by atoms with Crippen LogP contribution in [0.4, 0.5) is 0 Å². The van der Waals surface area contributed by atoms with Crippen LogP contribution in [0.15, 0.2) is 197 Å². The van der Waals surface area contributed by atoms with Gasteiger partial charge in [0.05, 0.1) is 22.1 Å². The summed E-state index contributed by atoms with van der Waals surface area (Å²) in [7, 11) is 0. The van der Waals surface area contributed by atoms with E-state index in [0.29, 0.717) is 0 Å². The predicted molar refractivity (Wildman–Crippen MR) is 234 cm³/mol. The number of furan rings is 1. The van der Waals surface area contributed by atoms with Crippen LogP contribution < -0.4 is 10.6 Å². The minimum atomic E-state index is -0.381. The maximum atomic E-state index is 6.60. The third-order valence-corrected chi connectivity index (χ3v) is 11.6. The van der Waals surface area contributed by atoms with Crippen molar-refractivity contribution in [2.75, 3.05) is 0 Å². The Labute approximate surface area is 327 Å². The van der Waals surface area contributed by atoms with Gasteiger partial charge in [-0.25, -0.2) is 4.99 Å². The average Bonchev–Trinajstić information content (AvgIpc) is 3.95. The highest BCUT2D eigenvalue weighted by molar-refractivity contribution is 6.26. The van der Waals surface area contributed by atoms with E-state index in [9.17, 15) is 0 Å². The standard InChI is InChI=1S/C51H35N5O/c1-4-15-32(16-5-1)36-23-14-26-44-46(36)41-28-27-34(31-45(41)57-44)50-52-49(33-17-6-2-7-18-33)53-51(54-50)56-43-25-13-11-22-38(43)40-30-29-39-37-21-10-12-24-42(37)55(47(39)48(40)56)35-19-8-3-9-20-35/h1-31,49-50,52H,(H,53,54). The number of nitrogens with zero attached hydrogens (tertiary/aromatic N) is 3. The molecule has 11 aromatic rings. The van der Waals surface area contributed by atoms with Crippen LogP contribution >= 0.6 is 0 Å². The van der Waals surface area contributed by atoms with Gasteiger partial charge in [-0.15, -0.1) is 0 Å². The molecule has 6 heteroatoms. The number of para-hydroxylation sites is 3. The van der Waals surface area contributed by atoms with Crippen LogP contribution in [0.3, 0.4) is 0 Å². The maximum Gasteiger partial charge on any atom is 0.206 e. The van der Waals surface area contributed by atoms with Crippen LogP contribution in [0.5, 0.6) is 0 Å². The van der Waals surface area contributed by atoms with Gasteiger partial charge in [0.25, 0.3) is 0 Å². The van der Waals surface area contributed by atoms with Crippen molar-refractivity contribution in [2.24, 2.45) is 4.99 Å². The van der Waals surface area contributed by atoms with Crippen molar-refractivity contribution in [2.45, 2.75) is 12.3 Å². The molecule has 4 heterocycles. The molecule has 6 nitrogen and oxygen atoms in total. The molecular weight excluding hydrogens is 699 g/mol. The molecule has 0 aliphatic carbocycles. The Hall–Kier alpha value is -7.41. The maximum absolute atomic E-state index is 6.60. The first-order valence-electron chi connectivity index (χ1n) is 19.5. The van der Waals surface area contributed by atoms with Crippen molar-refractivity contribution in [1.82, 2.24) is 19.8 Å². The fourth-order valence-corrected chi connectivity index (χ4v) is 9.08. The van der Waals surface area contributed by atoms with Crippen molar-refractivity contribution >= 4 is 71.5 Å². The molecule has 2 N–H and O–H groups in total. The molecule has 0 spiro atoms. The van der Waals surface area contributed by atoms with Crippen LogP contribution in [0, 0.1) is 0 Å². The smallest absolute Gasteiger partial charge is 0.206 e. The summed E-state index contributed by atoms with van der Waals surface area (Å²) in [5.74, 6) is 0.771. The first-order chi connectivity index (χ1) is 28.3. The summed E-state index contributed by atoms with van der Waals surface area (Å²) in [5.41, 5.74) is 11.8. The van der Waals surface area contributed by atoms with E-state index in [4.69, 9.17) is 9.41 Å². The van der Waals surface area contributed by atoms with Gasteiger partial charge in [-0.05, 0) is 58.7 Å². The molecule has 0 radical (unpaired) electrons. The fraction of sp³-hybridized carbons (Fsp3) is 0.0392. The van der Waals surface area contributed by atoms with Crippen LogP contribution in [0.2, 0.25) is 0 Å². The fourth-order valence-electron chi connectivity index (χ4n) is 9.08. The topological polar surface area (TPSA) is 59.4 Å². The molecule has 3 aromatic heterocycles. The van der Waals surface area contributed by atoms with Gasteiger partial charge in [-0.1, -0.05) is 152 Å². The normalized spacial score (nSPS) is 15.9. The minimum Gasteiger partial charge on any atom is -0.456 e. The molecule has 57 heavy (non-hydrogen) atoms. The Bertz CT molecular complexity index is 3360. The van der Waals surface area contributed by atoms with Crippen LogP contribution in [0.1, 0.15) is 23.5 Å². The Morgan fingerprint density at radius 3 is 1.82 bits per heavy atom. The number of aromatic nitrogens is 2. The Morgan fingerprint density at radius 1 is 0.474 bits per heavy atom. The van der Waals surface area contributed by atoms with E-state index < -0.39 is 0 Å². The first kappa shape index (κ1) is 31.9. The van der Waals surface area contributed by atoms with Gasteiger partial charge in [0.15, 0.2) is 0 Å². The number of benzene rings is 8. The van der Waals surface area contributed by atoms with Gasteiger partial charge >= 0.3 is 0 Å². The van der Waals surface area contributed by atoms with Crippen molar-refractivity contribution in [3.8, 4) is 16.8 Å². The highest BCUT2D eigenvalue weighted by Gasteiger charge is 2.29. The van der Waals surface area contributed by atoms with E-state index in [-0.39, 0.29) is 12.3 Å². The van der Waals surface area contributed by atoms with Gasteiger partial charge in [0, 0.05) is 38.0 Å². The number of aliphatic imine (C=N–C) groups is 1. The van der Waals surface area contributed by atoms with Gasteiger partial charge in [-0.2, -0.15) is 0 Å². The van der Waals surface area contributed by atoms with Gasteiger partial charge < -0.3 is 14.3 Å². The zero-order chi connectivity index (χ0) is 37.5. The molecule has 1 aliphatic heterocycles. The Morgan fingerprint density at radius 2 is 1.09 bits per heavy atom. The molecule has 0 bridgehead atoms. The summed E-state index contributed by atoms with van der Waals surface area (Å²) < 4.78 is 11.4. The van der Waals surface area contributed by atoms with E-state index in [0.717, 1.165) is 72.3 Å². The van der Waals surface area contributed by atoms with E-state index in [2.05, 4.69) is 208 Å². The van der Waals surface area contributed by atoms with Crippen LogP contribution in [-0.4, -0.2) is 15.1 Å². The summed E-state index contributed by atoms with van der Waals surface area (Å²) in [6.07, 6.45) is -0.608. The molecule has 0 saturated carbocycles. The molecule has 2 atom stereocenters. The third kappa shape index (κ3) is 4.91. The van der Waals surface area contributed by atoms with Gasteiger partial charge in [-0.3, -0.25) is 9.88 Å². The molecule has 0 amide bonds. The summed E-state index contributed by atoms with van der Waals surface area (Å²) in [5, 5.41) is 14.7. The molecule has 1 aliphatic rings. The summed E-state index contributed by atoms with van der Waals surface area (Å²) in [4.78, 5) is 5.57. The molecule has 0 fully saturated rings. The van der Waals surface area contributed by atoms with Crippen molar-refractivity contribution in [3.05, 3.63) is 199 Å². The second-order valence-corrected chi connectivity index (χ2v) is 14.8. The second-order valence-electron chi connectivity index (χ2n) is 14.8. The monoisotopic (exact) mass is 733 g/mol. The Balaban J connectivity index is 1.11. The third-order valence-electron chi connectivity index (χ3n) is 11.6. The lowest BCUT2D eigenvalue weighted by molar-refractivity contribution is 0.403. The lowest BCUT2D eigenvalue weighted by Gasteiger charge is -2.32. The minimum absolute atomic E-state index is 0.227. The number of fused-ring (bicyclic) bond motifs is 10. The molecule has 8 aromatic carbocycles. The number of hydrogen-bond acceptors (Lipinski definition) is 4. The molecular formula is C51H35N5O. The van der Waals surface area contributed by atoms with Crippen LogP contribution in [0.25, 0.3) is 82.4 Å². The Kier molecular flexibility index (Phi) is 7.03. The highest BCUT2D eigenvalue weighted by Crippen LogP contribution is 2.42. The quantitative estimate of drug-likeness (QED) is 0.189. The summed E-state index contributed by atoms with van der Waals surface area (Å²) in [6.45, 7) is 0. The van der Waals surface area contributed by atoms with E-state index in [1.165, 1.54) is 27.1 Å². The van der Waals surface area contributed by atoms with E-state index >= 15 is 0 Å². The largest absolute Gasteiger partial charge is 0.456 e. The predicted octanol–water partition coefficient (Wildman–Crippen LogP) is 12.3. The van der Waals surface area contributed by atoms with Gasteiger partial charge in [0.2, 0.25) is 5.96 Å². The lowest BCUT2D eigenvalue weighted by atomic mass is 9.99. The zero-order valence-electron chi connectivity index (χ0n) is 30.8. The number of rotatable bonds is 4. The van der Waals surface area contributed by atoms with Crippen molar-refractivity contribution in [1.29, 1.82) is 0 Å². The van der Waals surface area contributed by atoms with Crippen LogP contribution in [-0.2, 0) is 0 Å². The average molecular weight is 734 g/mol. The summed E-state index contributed by atoms with van der Waals surface area (Å²) in [6, 6.07) is 66.6. The van der Waals surface area contributed by atoms with E-state index in [1.807, 2.05) is 0 Å². The molecule has 270 valence electrons. The van der Waals surface area contributed by atoms with Crippen molar-refractivity contribution < 1.29 is 4.42 Å². The zero-order valence-corrected chi connectivity index (χ0v) is 30.8. The molecule has 12 rings (SSSR count). The first-order valence-corrected chi connectivity index (χ1v) is 19.5. The van der Waals surface area contributed by atoms with Crippen molar-refractivity contribution in [3.63, 3.8) is 0 Å². The number of nitrogens with one attached hydrogen (secondary N) is 2. The van der Waals surface area contributed by atoms with E-state index in [1.54, 1.807) is 0 Å². The lowest BCUT2D eigenvalue weighted by Crippen LogP contribution is -2.47.